The number of hydrogen-bond acceptors (Lipinski definition) is 6. The molecule has 6 heteroatoms. The van der Waals surface area contributed by atoms with E-state index in [1.165, 1.54) is 70.6 Å². The predicted octanol–water partition coefficient (Wildman–Crippen LogP) is 7.83. The molecule has 0 aliphatic rings. The fourth-order valence-corrected chi connectivity index (χ4v) is 6.72. The second-order valence-corrected chi connectivity index (χ2v) is 13.1. The van der Waals surface area contributed by atoms with Crippen LogP contribution in [0.1, 0.15) is 223 Å². The van der Waals surface area contributed by atoms with Crippen molar-refractivity contribution >= 4 is 17.9 Å². The van der Waals surface area contributed by atoms with Crippen LogP contribution in [0.4, 0.5) is 0 Å². The molecule has 6 nitrogen and oxygen atoms in total. The number of hydrogen-bond donors (Lipinski definition) is 0. The zero-order chi connectivity index (χ0) is 33.3. The van der Waals surface area contributed by atoms with Gasteiger partial charge in [0.2, 0.25) is 0 Å². The van der Waals surface area contributed by atoms with Crippen molar-refractivity contribution in [1.29, 1.82) is 0 Å². The third-order valence-corrected chi connectivity index (χ3v) is 9.27. The van der Waals surface area contributed by atoms with Crippen molar-refractivity contribution in [3.8, 4) is 0 Å². The molecule has 0 amide bonds. The molecule has 258 valence electrons. The minimum Gasteiger partial charge on any atom is -0.545 e. The molecule has 0 radical (unpaired) electrons. The number of carboxylic acid groups (broad SMARTS) is 3. The van der Waals surface area contributed by atoms with Crippen molar-refractivity contribution in [2.45, 2.75) is 194 Å². The maximum absolute atomic E-state index is 12.7. The van der Waals surface area contributed by atoms with E-state index in [-0.39, 0.29) is 23.1 Å². The maximum atomic E-state index is 12.7. The van der Waals surface area contributed by atoms with Gasteiger partial charge in [-0.15, -0.1) is 0 Å². The molecule has 45 heavy (non-hydrogen) atoms. The van der Waals surface area contributed by atoms with Gasteiger partial charge in [-0.05, 0) is 55.2 Å². The quantitative estimate of drug-likeness (QED) is 0.0802. The highest BCUT2D eigenvalue weighted by molar-refractivity contribution is 6.06. The minimum absolute atomic E-state index is 0.0504. The Morgan fingerprint density at radius 1 is 0.333 bits per heavy atom. The van der Waals surface area contributed by atoms with Crippen LogP contribution in [0.5, 0.6) is 0 Å². The first-order valence-corrected chi connectivity index (χ1v) is 18.7. The summed E-state index contributed by atoms with van der Waals surface area (Å²) in [5, 5.41) is 37.9. The molecule has 1 rings (SSSR count). The number of carboxylic acids is 3. The molecular weight excluding hydrogens is 564 g/mol. The SMILES string of the molecule is CCCCCCCCCCc1c(CCCCCCCCCC)c(C(=O)[O-])c(C(=O)[O-])c(CCCCCCCCCC)c1C(=O)[O-]. The molecule has 0 bridgehead atoms. The van der Waals surface area contributed by atoms with Crippen molar-refractivity contribution in [2.75, 3.05) is 0 Å². The van der Waals surface area contributed by atoms with Crippen molar-refractivity contribution in [1.82, 2.24) is 0 Å². The topological polar surface area (TPSA) is 120 Å². The molecule has 0 unspecified atom stereocenters. The molecule has 0 heterocycles. The third kappa shape index (κ3) is 16.1. The number of aromatic carboxylic acids is 3. The van der Waals surface area contributed by atoms with Gasteiger partial charge in [0.25, 0.3) is 0 Å². The fraction of sp³-hybridized carbons (Fsp3) is 0.769. The Balaban J connectivity index is 3.30. The van der Waals surface area contributed by atoms with Crippen molar-refractivity contribution in [3.63, 3.8) is 0 Å². The molecule has 0 aromatic heterocycles. The van der Waals surface area contributed by atoms with Gasteiger partial charge in [-0.25, -0.2) is 0 Å². The molecule has 0 N–H and O–H groups in total. The Hall–Kier alpha value is -2.37. The lowest BCUT2D eigenvalue weighted by atomic mass is 9.80. The number of carbonyl (C=O) groups excluding carboxylic acids is 3. The average Bonchev–Trinajstić information content (AvgIpc) is 3.00. The zero-order valence-electron chi connectivity index (χ0n) is 29.0. The first kappa shape index (κ1) is 40.7. The molecule has 1 aromatic rings. The number of benzene rings is 1. The Bertz CT molecular complexity index is 982. The van der Waals surface area contributed by atoms with Gasteiger partial charge >= 0.3 is 0 Å². The van der Waals surface area contributed by atoms with E-state index in [4.69, 9.17) is 0 Å². The van der Waals surface area contributed by atoms with Crippen molar-refractivity contribution < 1.29 is 29.7 Å². The first-order valence-electron chi connectivity index (χ1n) is 18.7. The second kappa shape index (κ2) is 25.8. The lowest BCUT2D eigenvalue weighted by Gasteiger charge is -2.28. The fourth-order valence-electron chi connectivity index (χ4n) is 6.72. The van der Waals surface area contributed by atoms with Gasteiger partial charge in [-0.3, -0.25) is 0 Å². The van der Waals surface area contributed by atoms with E-state index in [2.05, 4.69) is 20.8 Å². The largest absolute Gasteiger partial charge is 0.545 e. The summed E-state index contributed by atoms with van der Waals surface area (Å²) in [6.07, 6.45) is 26.1. The van der Waals surface area contributed by atoms with E-state index in [0.717, 1.165) is 64.2 Å². The predicted molar refractivity (Wildman–Crippen MR) is 178 cm³/mol. The van der Waals surface area contributed by atoms with E-state index in [1.54, 1.807) is 0 Å². The van der Waals surface area contributed by atoms with Gasteiger partial charge in [0, 0.05) is 16.7 Å². The monoisotopic (exact) mass is 627 g/mol. The Morgan fingerprint density at radius 3 is 0.844 bits per heavy atom. The zero-order valence-corrected chi connectivity index (χ0v) is 29.0. The summed E-state index contributed by atoms with van der Waals surface area (Å²) in [7, 11) is 0. The summed E-state index contributed by atoms with van der Waals surface area (Å²) < 4.78 is 0. The summed E-state index contributed by atoms with van der Waals surface area (Å²) in [4.78, 5) is 37.9. The summed E-state index contributed by atoms with van der Waals surface area (Å²) in [6, 6.07) is 0. The van der Waals surface area contributed by atoms with Crippen LogP contribution in [0.25, 0.3) is 0 Å². The molecule has 0 spiro atoms. The lowest BCUT2D eigenvalue weighted by molar-refractivity contribution is -0.260. The van der Waals surface area contributed by atoms with Gasteiger partial charge in [0.15, 0.2) is 0 Å². The van der Waals surface area contributed by atoms with E-state index >= 15 is 0 Å². The minimum atomic E-state index is -1.65. The molecule has 0 atom stereocenters. The highest BCUT2D eigenvalue weighted by atomic mass is 16.4. The molecule has 0 saturated heterocycles. The van der Waals surface area contributed by atoms with Crippen molar-refractivity contribution in [2.24, 2.45) is 0 Å². The van der Waals surface area contributed by atoms with Crippen LogP contribution in [0, 0.1) is 0 Å². The van der Waals surface area contributed by atoms with E-state index in [1.807, 2.05) is 0 Å². The van der Waals surface area contributed by atoms with Crippen LogP contribution in [-0.4, -0.2) is 17.9 Å². The van der Waals surface area contributed by atoms with Gasteiger partial charge in [0.1, 0.15) is 0 Å². The van der Waals surface area contributed by atoms with E-state index in [9.17, 15) is 29.7 Å². The molecule has 0 fully saturated rings. The molecule has 0 aliphatic carbocycles. The molecular formula is C39H63O6-3. The number of carbonyl (C=O) groups is 3. The van der Waals surface area contributed by atoms with Crippen LogP contribution < -0.4 is 15.3 Å². The maximum Gasteiger partial charge on any atom is 0.0725 e. The van der Waals surface area contributed by atoms with Gasteiger partial charge in [0.05, 0.1) is 17.9 Å². The third-order valence-electron chi connectivity index (χ3n) is 9.27. The Morgan fingerprint density at radius 2 is 0.556 bits per heavy atom. The molecule has 0 saturated carbocycles. The standard InChI is InChI=1S/C39H66O6/c1-4-7-10-13-16-19-22-25-28-31-32(29-26-23-20-17-14-11-8-5-2)35(38(42)43)36(39(44)45)33(34(31)37(40)41)30-27-24-21-18-15-12-9-6-3/h4-30H2,1-3H3,(H,40,41)(H,42,43)(H,44,45)/p-3. The normalized spacial score (nSPS) is 11.3. The molecule has 0 aliphatic heterocycles. The van der Waals surface area contributed by atoms with E-state index in [0.29, 0.717) is 43.2 Å². The average molecular weight is 628 g/mol. The highest BCUT2D eigenvalue weighted by Gasteiger charge is 2.25. The van der Waals surface area contributed by atoms with Gasteiger partial charge in [-0.2, -0.15) is 0 Å². The second-order valence-electron chi connectivity index (χ2n) is 13.1. The Kier molecular flexibility index (Phi) is 23.3. The number of unbranched alkanes of at least 4 members (excludes halogenated alkanes) is 21. The lowest BCUT2D eigenvalue weighted by Crippen LogP contribution is -2.36. The molecule has 1 aromatic carbocycles. The van der Waals surface area contributed by atoms with Crippen LogP contribution in [0.15, 0.2) is 0 Å². The van der Waals surface area contributed by atoms with Crippen LogP contribution in [-0.2, 0) is 19.3 Å². The smallest absolute Gasteiger partial charge is 0.0725 e. The summed E-state index contributed by atoms with van der Waals surface area (Å²) in [5.41, 5.74) is -0.183. The van der Waals surface area contributed by atoms with Crippen LogP contribution in [0.2, 0.25) is 0 Å². The Labute approximate surface area is 274 Å². The summed E-state index contributed by atoms with van der Waals surface area (Å²) in [6.45, 7) is 6.55. The highest BCUT2D eigenvalue weighted by Crippen LogP contribution is 2.33. The van der Waals surface area contributed by atoms with Crippen LogP contribution >= 0.6 is 0 Å². The van der Waals surface area contributed by atoms with Gasteiger partial charge < -0.3 is 29.7 Å². The number of rotatable bonds is 30. The van der Waals surface area contributed by atoms with E-state index < -0.39 is 23.5 Å². The van der Waals surface area contributed by atoms with Crippen LogP contribution in [0.3, 0.4) is 0 Å². The first-order chi connectivity index (χ1) is 21.8. The van der Waals surface area contributed by atoms with Gasteiger partial charge in [-0.1, -0.05) is 156 Å². The summed E-state index contributed by atoms with van der Waals surface area (Å²) in [5.74, 6) is -4.64. The summed E-state index contributed by atoms with van der Waals surface area (Å²) >= 11 is 0. The van der Waals surface area contributed by atoms with Crippen molar-refractivity contribution in [3.05, 3.63) is 33.4 Å².